The third kappa shape index (κ3) is 3.51. The lowest BCUT2D eigenvalue weighted by atomic mass is 10.1. The molecular weight excluding hydrogens is 251 g/mol. The number of carbonyl (C=O) groups excluding carboxylic acids is 1. The Balaban J connectivity index is 2.10. The molecule has 0 radical (unpaired) electrons. The summed E-state index contributed by atoms with van der Waals surface area (Å²) in [7, 11) is 0. The minimum absolute atomic E-state index is 0.0973. The molecular formula is C13H15FN2O3. The average molecular weight is 266 g/mol. The number of hydrogen-bond donors (Lipinski definition) is 2. The number of aliphatic carboxylic acids is 1. The highest BCUT2D eigenvalue weighted by molar-refractivity contribution is 5.80. The summed E-state index contributed by atoms with van der Waals surface area (Å²) < 4.78 is 12.8. The molecule has 1 heterocycles. The summed E-state index contributed by atoms with van der Waals surface area (Å²) in [6.07, 6.45) is -0.0973. The first kappa shape index (κ1) is 13.5. The molecule has 1 saturated heterocycles. The van der Waals surface area contributed by atoms with Gasteiger partial charge in [0.05, 0.1) is 19.0 Å². The van der Waals surface area contributed by atoms with Crippen molar-refractivity contribution >= 4 is 11.9 Å². The number of nitrogens with one attached hydrogen (secondary N) is 1. The van der Waals surface area contributed by atoms with Crippen molar-refractivity contribution in [1.29, 1.82) is 0 Å². The van der Waals surface area contributed by atoms with Crippen LogP contribution >= 0.6 is 0 Å². The molecule has 2 N–H and O–H groups in total. The van der Waals surface area contributed by atoms with Gasteiger partial charge in [-0.3, -0.25) is 9.59 Å². The number of carboxylic acid groups (broad SMARTS) is 1. The van der Waals surface area contributed by atoms with Crippen LogP contribution in [0.4, 0.5) is 4.39 Å². The summed E-state index contributed by atoms with van der Waals surface area (Å²) in [5, 5.41) is 11.8. The van der Waals surface area contributed by atoms with Crippen LogP contribution in [0.15, 0.2) is 24.3 Å². The first-order chi connectivity index (χ1) is 9.06. The summed E-state index contributed by atoms with van der Waals surface area (Å²) in [5.41, 5.74) is 0.784. The van der Waals surface area contributed by atoms with E-state index in [0.29, 0.717) is 13.1 Å². The number of carboxylic acids is 1. The third-order valence-electron chi connectivity index (χ3n) is 3.09. The fourth-order valence-electron chi connectivity index (χ4n) is 2.15. The van der Waals surface area contributed by atoms with Crippen LogP contribution in [0.1, 0.15) is 12.0 Å². The van der Waals surface area contributed by atoms with Crippen molar-refractivity contribution in [1.82, 2.24) is 10.2 Å². The van der Waals surface area contributed by atoms with E-state index in [-0.39, 0.29) is 30.7 Å². The van der Waals surface area contributed by atoms with Crippen molar-refractivity contribution < 1.29 is 19.1 Å². The van der Waals surface area contributed by atoms with E-state index in [1.807, 2.05) is 0 Å². The number of nitrogens with zero attached hydrogens (tertiary/aromatic N) is 1. The summed E-state index contributed by atoms with van der Waals surface area (Å²) in [6.45, 7) is 0.968. The minimum Gasteiger partial charge on any atom is -0.481 e. The predicted octanol–water partition coefficient (Wildman–Crippen LogP) is 0.601. The average Bonchev–Trinajstić information content (AvgIpc) is 2.35. The Labute approximate surface area is 110 Å². The minimum atomic E-state index is -0.939. The van der Waals surface area contributed by atoms with Gasteiger partial charge < -0.3 is 15.3 Å². The normalized spacial score (nSPS) is 19.5. The van der Waals surface area contributed by atoms with Crippen LogP contribution in [0, 0.1) is 5.82 Å². The van der Waals surface area contributed by atoms with Gasteiger partial charge in [-0.2, -0.15) is 0 Å². The number of rotatable bonds is 4. The van der Waals surface area contributed by atoms with Gasteiger partial charge in [-0.1, -0.05) is 12.1 Å². The zero-order valence-corrected chi connectivity index (χ0v) is 10.3. The summed E-state index contributed by atoms with van der Waals surface area (Å²) in [6, 6.07) is 5.48. The maximum atomic E-state index is 12.8. The molecule has 0 saturated carbocycles. The Kier molecular flexibility index (Phi) is 4.11. The van der Waals surface area contributed by atoms with Crippen molar-refractivity contribution in [2.75, 3.05) is 13.1 Å². The van der Waals surface area contributed by atoms with Gasteiger partial charge in [0.2, 0.25) is 5.91 Å². The van der Waals surface area contributed by atoms with Crippen molar-refractivity contribution in [3.63, 3.8) is 0 Å². The van der Waals surface area contributed by atoms with E-state index in [1.165, 1.54) is 17.0 Å². The topological polar surface area (TPSA) is 69.6 Å². The molecule has 0 bridgehead atoms. The zero-order chi connectivity index (χ0) is 13.8. The number of amides is 1. The quantitative estimate of drug-likeness (QED) is 0.837. The maximum absolute atomic E-state index is 12.8. The molecule has 1 aliphatic rings. The Morgan fingerprint density at radius 1 is 1.42 bits per heavy atom. The first-order valence-corrected chi connectivity index (χ1v) is 6.02. The molecule has 6 heteroatoms. The molecule has 19 heavy (non-hydrogen) atoms. The van der Waals surface area contributed by atoms with Crippen molar-refractivity contribution in [2.24, 2.45) is 0 Å². The molecule has 1 atom stereocenters. The van der Waals surface area contributed by atoms with Gasteiger partial charge in [0.15, 0.2) is 0 Å². The predicted molar refractivity (Wildman–Crippen MR) is 65.9 cm³/mol. The van der Waals surface area contributed by atoms with E-state index in [2.05, 4.69) is 5.32 Å². The number of halogens is 1. The molecule has 1 unspecified atom stereocenters. The van der Waals surface area contributed by atoms with Crippen molar-refractivity contribution in [3.8, 4) is 0 Å². The van der Waals surface area contributed by atoms with Gasteiger partial charge in [-0.25, -0.2) is 4.39 Å². The fraction of sp³-hybridized carbons (Fsp3) is 0.385. The lowest BCUT2D eigenvalue weighted by Crippen LogP contribution is -2.54. The van der Waals surface area contributed by atoms with Crippen LogP contribution < -0.4 is 5.32 Å². The monoisotopic (exact) mass is 266 g/mol. The molecule has 102 valence electrons. The van der Waals surface area contributed by atoms with E-state index in [1.54, 1.807) is 12.1 Å². The third-order valence-corrected chi connectivity index (χ3v) is 3.09. The van der Waals surface area contributed by atoms with Gasteiger partial charge in [-0.05, 0) is 17.7 Å². The zero-order valence-electron chi connectivity index (χ0n) is 10.3. The molecule has 0 spiro atoms. The number of piperazine rings is 1. The summed E-state index contributed by atoms with van der Waals surface area (Å²) in [4.78, 5) is 24.2. The standard InChI is InChI=1S/C13H15FN2O3/c14-10-3-1-9(2-4-10)8-16-11(5-13(18)19)6-15-7-12(16)17/h1-4,11,15H,5-8H2,(H,18,19). The Morgan fingerprint density at radius 3 is 2.74 bits per heavy atom. The number of carbonyl (C=O) groups is 2. The SMILES string of the molecule is O=C(O)CC1CNCC(=O)N1Cc1ccc(F)cc1. The lowest BCUT2D eigenvalue weighted by molar-refractivity contribution is -0.142. The molecule has 1 aliphatic heterocycles. The molecule has 1 aromatic rings. The summed E-state index contributed by atoms with van der Waals surface area (Å²) in [5.74, 6) is -1.41. The van der Waals surface area contributed by atoms with E-state index < -0.39 is 5.97 Å². The highest BCUT2D eigenvalue weighted by Gasteiger charge is 2.29. The highest BCUT2D eigenvalue weighted by atomic mass is 19.1. The van der Waals surface area contributed by atoms with E-state index in [9.17, 15) is 14.0 Å². The molecule has 0 aromatic heterocycles. The second kappa shape index (κ2) is 5.79. The van der Waals surface area contributed by atoms with Gasteiger partial charge in [0, 0.05) is 13.1 Å². The smallest absolute Gasteiger partial charge is 0.305 e. The molecule has 2 rings (SSSR count). The molecule has 0 aliphatic carbocycles. The van der Waals surface area contributed by atoms with Crippen LogP contribution in [0.2, 0.25) is 0 Å². The molecule has 1 aromatic carbocycles. The molecule has 5 nitrogen and oxygen atoms in total. The maximum Gasteiger partial charge on any atom is 0.305 e. The summed E-state index contributed by atoms with van der Waals surface area (Å²) >= 11 is 0. The van der Waals surface area contributed by atoms with Crippen LogP contribution in [0.3, 0.4) is 0 Å². The van der Waals surface area contributed by atoms with Crippen LogP contribution in [0.5, 0.6) is 0 Å². The Bertz CT molecular complexity index is 475. The van der Waals surface area contributed by atoms with Crippen LogP contribution in [-0.4, -0.2) is 41.0 Å². The van der Waals surface area contributed by atoms with Gasteiger partial charge in [0.1, 0.15) is 5.82 Å². The number of hydrogen-bond acceptors (Lipinski definition) is 3. The van der Waals surface area contributed by atoms with Crippen LogP contribution in [0.25, 0.3) is 0 Å². The second-order valence-corrected chi connectivity index (χ2v) is 4.53. The second-order valence-electron chi connectivity index (χ2n) is 4.53. The Hall–Kier alpha value is -1.95. The first-order valence-electron chi connectivity index (χ1n) is 6.02. The van der Waals surface area contributed by atoms with E-state index in [4.69, 9.17) is 5.11 Å². The number of benzene rings is 1. The fourth-order valence-corrected chi connectivity index (χ4v) is 2.15. The van der Waals surface area contributed by atoms with E-state index in [0.717, 1.165) is 5.56 Å². The lowest BCUT2D eigenvalue weighted by Gasteiger charge is -2.35. The van der Waals surface area contributed by atoms with Crippen LogP contribution in [-0.2, 0) is 16.1 Å². The van der Waals surface area contributed by atoms with E-state index >= 15 is 0 Å². The van der Waals surface area contributed by atoms with Crippen molar-refractivity contribution in [2.45, 2.75) is 19.0 Å². The molecule has 1 fully saturated rings. The van der Waals surface area contributed by atoms with Crippen molar-refractivity contribution in [3.05, 3.63) is 35.6 Å². The molecule has 1 amide bonds. The highest BCUT2D eigenvalue weighted by Crippen LogP contribution is 2.14. The Morgan fingerprint density at radius 2 is 2.11 bits per heavy atom. The van der Waals surface area contributed by atoms with Gasteiger partial charge in [-0.15, -0.1) is 0 Å². The van der Waals surface area contributed by atoms with Gasteiger partial charge >= 0.3 is 5.97 Å². The largest absolute Gasteiger partial charge is 0.481 e. The van der Waals surface area contributed by atoms with Gasteiger partial charge in [0.25, 0.3) is 0 Å².